The highest BCUT2D eigenvalue weighted by Crippen LogP contribution is 2.23. The van der Waals surface area contributed by atoms with E-state index >= 15 is 0 Å². The second kappa shape index (κ2) is 10.9. The van der Waals surface area contributed by atoms with E-state index in [1.807, 2.05) is 50.2 Å². The number of nitrogens with zero attached hydrogens (tertiary/aromatic N) is 2. The van der Waals surface area contributed by atoms with Crippen LogP contribution in [0.1, 0.15) is 22.7 Å². The molecule has 1 heterocycles. The van der Waals surface area contributed by atoms with Crippen LogP contribution in [-0.4, -0.2) is 63.7 Å². The number of benzene rings is 2. The van der Waals surface area contributed by atoms with Crippen LogP contribution < -0.4 is 15.5 Å². The molecule has 2 amide bonds. The first kappa shape index (κ1) is 22.8. The molecular weight excluding hydrogens is 392 g/mol. The SMILES string of the molecule is Cc1ccc(CNC(=O)C(=O)NC[C@@H](c2ccc(N(C)C)cc2)N2CCOCC2)cc1. The lowest BCUT2D eigenvalue weighted by Gasteiger charge is -2.35. The van der Waals surface area contributed by atoms with Crippen LogP contribution in [0, 0.1) is 6.92 Å². The van der Waals surface area contributed by atoms with Crippen molar-refractivity contribution in [3.63, 3.8) is 0 Å². The lowest BCUT2D eigenvalue weighted by Crippen LogP contribution is -2.46. The second-order valence-electron chi connectivity index (χ2n) is 8.03. The van der Waals surface area contributed by atoms with Crippen molar-refractivity contribution in [1.29, 1.82) is 0 Å². The van der Waals surface area contributed by atoms with Crippen molar-refractivity contribution in [3.8, 4) is 0 Å². The van der Waals surface area contributed by atoms with Crippen LogP contribution in [0.15, 0.2) is 48.5 Å². The van der Waals surface area contributed by atoms with Gasteiger partial charge in [0.15, 0.2) is 0 Å². The number of rotatable bonds is 7. The Balaban J connectivity index is 1.60. The normalized spacial score (nSPS) is 15.2. The molecule has 2 aromatic rings. The molecular formula is C24H32N4O3. The Kier molecular flexibility index (Phi) is 8.03. The first-order valence-corrected chi connectivity index (χ1v) is 10.6. The summed E-state index contributed by atoms with van der Waals surface area (Å²) in [5.74, 6) is -1.24. The Bertz CT molecular complexity index is 859. The molecule has 0 saturated carbocycles. The Morgan fingerprint density at radius 2 is 1.58 bits per heavy atom. The van der Waals surface area contributed by atoms with E-state index in [2.05, 4.69) is 39.8 Å². The van der Waals surface area contributed by atoms with E-state index in [1.54, 1.807) is 0 Å². The Hall–Kier alpha value is -2.90. The lowest BCUT2D eigenvalue weighted by atomic mass is 10.0. The third-order valence-electron chi connectivity index (χ3n) is 5.52. The van der Waals surface area contributed by atoms with Gasteiger partial charge in [0, 0.05) is 46.0 Å². The summed E-state index contributed by atoms with van der Waals surface area (Å²) in [5.41, 5.74) is 4.33. The van der Waals surface area contributed by atoms with Crippen LogP contribution in [0.4, 0.5) is 5.69 Å². The van der Waals surface area contributed by atoms with Crippen LogP contribution in [0.25, 0.3) is 0 Å². The Morgan fingerprint density at radius 1 is 0.968 bits per heavy atom. The maximum absolute atomic E-state index is 12.4. The average molecular weight is 425 g/mol. The summed E-state index contributed by atoms with van der Waals surface area (Å²) >= 11 is 0. The molecule has 0 aromatic heterocycles. The summed E-state index contributed by atoms with van der Waals surface area (Å²) in [5, 5.41) is 5.51. The molecule has 0 bridgehead atoms. The van der Waals surface area contributed by atoms with Gasteiger partial charge in [0.1, 0.15) is 0 Å². The van der Waals surface area contributed by atoms with Crippen LogP contribution >= 0.6 is 0 Å². The van der Waals surface area contributed by atoms with E-state index in [9.17, 15) is 9.59 Å². The zero-order chi connectivity index (χ0) is 22.2. The van der Waals surface area contributed by atoms with Gasteiger partial charge < -0.3 is 20.3 Å². The lowest BCUT2D eigenvalue weighted by molar-refractivity contribution is -0.139. The molecule has 0 aliphatic carbocycles. The van der Waals surface area contributed by atoms with Gasteiger partial charge in [-0.25, -0.2) is 0 Å². The van der Waals surface area contributed by atoms with Crippen molar-refractivity contribution in [3.05, 3.63) is 65.2 Å². The summed E-state index contributed by atoms with van der Waals surface area (Å²) in [4.78, 5) is 29.0. The Morgan fingerprint density at radius 3 is 2.19 bits per heavy atom. The fourth-order valence-corrected chi connectivity index (χ4v) is 3.58. The van der Waals surface area contributed by atoms with Crippen molar-refractivity contribution in [1.82, 2.24) is 15.5 Å². The predicted molar refractivity (Wildman–Crippen MR) is 122 cm³/mol. The molecule has 31 heavy (non-hydrogen) atoms. The van der Waals surface area contributed by atoms with E-state index in [4.69, 9.17) is 4.74 Å². The number of hydrogen-bond acceptors (Lipinski definition) is 5. The largest absolute Gasteiger partial charge is 0.379 e. The fraction of sp³-hybridized carbons (Fsp3) is 0.417. The number of nitrogens with one attached hydrogen (secondary N) is 2. The van der Waals surface area contributed by atoms with Crippen molar-refractivity contribution < 1.29 is 14.3 Å². The molecule has 1 atom stereocenters. The van der Waals surface area contributed by atoms with E-state index < -0.39 is 11.8 Å². The first-order valence-electron chi connectivity index (χ1n) is 10.6. The molecule has 2 aromatic carbocycles. The molecule has 0 radical (unpaired) electrons. The number of ether oxygens (including phenoxy) is 1. The first-order chi connectivity index (χ1) is 14.9. The average Bonchev–Trinajstić information content (AvgIpc) is 2.79. The molecule has 0 spiro atoms. The number of amides is 2. The fourth-order valence-electron chi connectivity index (χ4n) is 3.58. The van der Waals surface area contributed by atoms with Gasteiger partial charge in [0.25, 0.3) is 0 Å². The Labute approximate surface area is 184 Å². The van der Waals surface area contributed by atoms with Crippen LogP contribution in [0.2, 0.25) is 0 Å². The molecule has 7 nitrogen and oxygen atoms in total. The van der Waals surface area contributed by atoms with Gasteiger partial charge in [0.2, 0.25) is 0 Å². The van der Waals surface area contributed by atoms with Crippen molar-refractivity contribution >= 4 is 17.5 Å². The van der Waals surface area contributed by atoms with Crippen LogP contribution in [0.5, 0.6) is 0 Å². The molecule has 2 N–H and O–H groups in total. The van der Waals surface area contributed by atoms with E-state index in [1.165, 1.54) is 0 Å². The molecule has 1 saturated heterocycles. The van der Waals surface area contributed by atoms with Crippen LogP contribution in [0.3, 0.4) is 0 Å². The van der Waals surface area contributed by atoms with Gasteiger partial charge in [-0.2, -0.15) is 0 Å². The number of anilines is 1. The number of aryl methyl sites for hydroxylation is 1. The van der Waals surface area contributed by atoms with Gasteiger partial charge in [-0.1, -0.05) is 42.0 Å². The van der Waals surface area contributed by atoms with E-state index in [-0.39, 0.29) is 6.04 Å². The molecule has 166 valence electrons. The van der Waals surface area contributed by atoms with Crippen molar-refractivity contribution in [2.45, 2.75) is 19.5 Å². The van der Waals surface area contributed by atoms with Gasteiger partial charge in [-0.3, -0.25) is 14.5 Å². The van der Waals surface area contributed by atoms with Gasteiger partial charge in [-0.05, 0) is 30.2 Å². The van der Waals surface area contributed by atoms with Crippen molar-refractivity contribution in [2.75, 3.05) is 51.8 Å². The highest BCUT2D eigenvalue weighted by molar-refractivity contribution is 6.35. The van der Waals surface area contributed by atoms with E-state index in [0.29, 0.717) is 26.3 Å². The summed E-state index contributed by atoms with van der Waals surface area (Å²) < 4.78 is 5.48. The monoisotopic (exact) mass is 424 g/mol. The summed E-state index contributed by atoms with van der Waals surface area (Å²) in [7, 11) is 4.01. The number of morpholine rings is 1. The summed E-state index contributed by atoms with van der Waals surface area (Å²) in [6, 6.07) is 16.1. The standard InChI is InChI=1S/C24H32N4O3/c1-18-4-6-19(7-5-18)16-25-23(29)24(30)26-17-22(28-12-14-31-15-13-28)20-8-10-21(11-9-20)27(2)3/h4-11,22H,12-17H2,1-3H3,(H,25,29)(H,26,30)/t22-/m0/s1. The highest BCUT2D eigenvalue weighted by atomic mass is 16.5. The molecule has 7 heteroatoms. The molecule has 1 aliphatic heterocycles. The number of hydrogen-bond donors (Lipinski definition) is 2. The highest BCUT2D eigenvalue weighted by Gasteiger charge is 2.24. The summed E-state index contributed by atoms with van der Waals surface area (Å²) in [6.07, 6.45) is 0. The zero-order valence-electron chi connectivity index (χ0n) is 18.6. The third kappa shape index (κ3) is 6.54. The molecule has 1 fully saturated rings. The molecule has 1 aliphatic rings. The maximum atomic E-state index is 12.4. The van der Waals surface area contributed by atoms with Crippen molar-refractivity contribution in [2.24, 2.45) is 0 Å². The number of carbonyl (C=O) groups excluding carboxylic acids is 2. The third-order valence-corrected chi connectivity index (χ3v) is 5.52. The van der Waals surface area contributed by atoms with Gasteiger partial charge >= 0.3 is 11.8 Å². The maximum Gasteiger partial charge on any atom is 0.309 e. The van der Waals surface area contributed by atoms with E-state index in [0.717, 1.165) is 35.5 Å². The minimum absolute atomic E-state index is 0.0195. The topological polar surface area (TPSA) is 73.9 Å². The second-order valence-corrected chi connectivity index (χ2v) is 8.03. The molecule has 3 rings (SSSR count). The smallest absolute Gasteiger partial charge is 0.309 e. The minimum atomic E-state index is -0.621. The summed E-state index contributed by atoms with van der Waals surface area (Å²) in [6.45, 7) is 5.60. The van der Waals surface area contributed by atoms with Crippen LogP contribution in [-0.2, 0) is 20.9 Å². The zero-order valence-corrected chi connectivity index (χ0v) is 18.6. The predicted octanol–water partition coefficient (Wildman–Crippen LogP) is 1.87. The quantitative estimate of drug-likeness (QED) is 0.664. The molecule has 0 unspecified atom stereocenters. The minimum Gasteiger partial charge on any atom is -0.379 e. The van der Waals surface area contributed by atoms with Gasteiger partial charge in [-0.15, -0.1) is 0 Å². The number of carbonyl (C=O) groups is 2. The van der Waals surface area contributed by atoms with Gasteiger partial charge in [0.05, 0.1) is 19.3 Å².